The lowest BCUT2D eigenvalue weighted by Gasteiger charge is -2.06. The van der Waals surface area contributed by atoms with Gasteiger partial charge in [-0.2, -0.15) is 8.42 Å². The summed E-state index contributed by atoms with van der Waals surface area (Å²) < 4.78 is 29.6. The molecule has 4 nitrogen and oxygen atoms in total. The smallest absolute Gasteiger partial charge is 0.339 e. The Bertz CT molecular complexity index is 653. The SMILES string of the molecule is Cc1ccc(S(=O)(=O)Oc2cncc(Br)c2)cc1. The van der Waals surface area contributed by atoms with Gasteiger partial charge in [0.2, 0.25) is 0 Å². The summed E-state index contributed by atoms with van der Waals surface area (Å²) >= 11 is 3.20. The van der Waals surface area contributed by atoms with Crippen LogP contribution >= 0.6 is 15.9 Å². The normalized spacial score (nSPS) is 11.2. The summed E-state index contributed by atoms with van der Waals surface area (Å²) in [5, 5.41) is 0. The molecule has 1 aromatic heterocycles. The summed E-state index contributed by atoms with van der Waals surface area (Å²) in [6.45, 7) is 1.88. The van der Waals surface area contributed by atoms with Crippen molar-refractivity contribution in [3.63, 3.8) is 0 Å². The van der Waals surface area contributed by atoms with Crippen molar-refractivity contribution in [1.29, 1.82) is 0 Å². The van der Waals surface area contributed by atoms with E-state index >= 15 is 0 Å². The van der Waals surface area contributed by atoms with Gasteiger partial charge in [-0.05, 0) is 41.1 Å². The molecular formula is C12H10BrNO3S. The average molecular weight is 328 g/mol. The lowest BCUT2D eigenvalue weighted by atomic mass is 10.2. The Kier molecular flexibility index (Phi) is 3.68. The topological polar surface area (TPSA) is 56.3 Å². The summed E-state index contributed by atoms with van der Waals surface area (Å²) in [5.74, 6) is 0.171. The quantitative estimate of drug-likeness (QED) is 0.813. The largest absolute Gasteiger partial charge is 0.377 e. The molecule has 0 spiro atoms. The molecule has 18 heavy (non-hydrogen) atoms. The predicted molar refractivity (Wildman–Crippen MR) is 70.9 cm³/mol. The van der Waals surface area contributed by atoms with Crippen molar-refractivity contribution in [2.24, 2.45) is 0 Å². The summed E-state index contributed by atoms with van der Waals surface area (Å²) in [7, 11) is -3.81. The van der Waals surface area contributed by atoms with Crippen LogP contribution in [0.15, 0.2) is 52.1 Å². The molecule has 0 bridgehead atoms. The first kappa shape index (κ1) is 13.0. The van der Waals surface area contributed by atoms with Crippen LogP contribution in [0.4, 0.5) is 0 Å². The molecule has 0 atom stereocenters. The van der Waals surface area contributed by atoms with Crippen molar-refractivity contribution < 1.29 is 12.6 Å². The minimum Gasteiger partial charge on any atom is -0.377 e. The first-order valence-electron chi connectivity index (χ1n) is 5.09. The standard InChI is InChI=1S/C12H10BrNO3S/c1-9-2-4-12(5-3-9)18(15,16)17-11-6-10(13)7-14-8-11/h2-8H,1H3. The van der Waals surface area contributed by atoms with Crippen LogP contribution in [0.25, 0.3) is 0 Å². The van der Waals surface area contributed by atoms with E-state index in [1.165, 1.54) is 18.3 Å². The van der Waals surface area contributed by atoms with Crippen molar-refractivity contribution in [2.75, 3.05) is 0 Å². The minimum absolute atomic E-state index is 0.119. The second kappa shape index (κ2) is 5.07. The van der Waals surface area contributed by atoms with E-state index in [1.807, 2.05) is 6.92 Å². The van der Waals surface area contributed by atoms with E-state index in [2.05, 4.69) is 20.9 Å². The van der Waals surface area contributed by atoms with Gasteiger partial charge in [-0.3, -0.25) is 4.98 Å². The third-order valence-electron chi connectivity index (χ3n) is 2.20. The maximum atomic E-state index is 12.0. The fraction of sp³-hybridized carbons (Fsp3) is 0.0833. The number of aryl methyl sites for hydroxylation is 1. The van der Waals surface area contributed by atoms with Crippen LogP contribution in [0.3, 0.4) is 0 Å². The van der Waals surface area contributed by atoms with Crippen LogP contribution in [0.5, 0.6) is 5.75 Å². The third-order valence-corrected chi connectivity index (χ3v) is 3.89. The van der Waals surface area contributed by atoms with Gasteiger partial charge in [-0.15, -0.1) is 0 Å². The Morgan fingerprint density at radius 3 is 2.44 bits per heavy atom. The number of pyridine rings is 1. The van der Waals surface area contributed by atoms with Gasteiger partial charge in [0.05, 0.1) is 6.20 Å². The zero-order chi connectivity index (χ0) is 13.2. The molecule has 0 saturated carbocycles. The van der Waals surface area contributed by atoms with Crippen molar-refractivity contribution >= 4 is 26.0 Å². The molecule has 0 aliphatic heterocycles. The summed E-state index contributed by atoms with van der Waals surface area (Å²) in [5.41, 5.74) is 0.984. The van der Waals surface area contributed by atoms with Crippen LogP contribution in [0, 0.1) is 6.92 Å². The van der Waals surface area contributed by atoms with E-state index in [1.54, 1.807) is 24.4 Å². The lowest BCUT2D eigenvalue weighted by Crippen LogP contribution is -2.09. The highest BCUT2D eigenvalue weighted by molar-refractivity contribution is 9.10. The Hall–Kier alpha value is -1.40. The average Bonchev–Trinajstić information content (AvgIpc) is 2.29. The van der Waals surface area contributed by atoms with Crippen LogP contribution in [-0.2, 0) is 10.1 Å². The molecule has 2 aromatic rings. The summed E-state index contributed by atoms with van der Waals surface area (Å²) in [6.07, 6.45) is 2.89. The fourth-order valence-corrected chi connectivity index (χ4v) is 2.57. The van der Waals surface area contributed by atoms with Gasteiger partial charge in [0.1, 0.15) is 4.90 Å². The maximum absolute atomic E-state index is 12.0. The Balaban J connectivity index is 2.30. The van der Waals surface area contributed by atoms with Gasteiger partial charge in [0.25, 0.3) is 0 Å². The van der Waals surface area contributed by atoms with Gasteiger partial charge in [-0.25, -0.2) is 0 Å². The number of benzene rings is 1. The molecule has 0 amide bonds. The molecule has 0 aliphatic carbocycles. The highest BCUT2D eigenvalue weighted by Gasteiger charge is 2.16. The van der Waals surface area contributed by atoms with Crippen molar-refractivity contribution in [3.05, 3.63) is 52.8 Å². The van der Waals surface area contributed by atoms with E-state index < -0.39 is 10.1 Å². The first-order chi connectivity index (χ1) is 8.47. The molecule has 2 rings (SSSR count). The second-order valence-corrected chi connectivity index (χ2v) is 6.15. The Morgan fingerprint density at radius 2 is 1.83 bits per heavy atom. The molecule has 0 unspecified atom stereocenters. The second-order valence-electron chi connectivity index (χ2n) is 3.69. The predicted octanol–water partition coefficient (Wildman–Crippen LogP) is 2.92. The minimum atomic E-state index is -3.81. The molecule has 0 saturated heterocycles. The Morgan fingerprint density at radius 1 is 1.17 bits per heavy atom. The van der Waals surface area contributed by atoms with E-state index in [0.29, 0.717) is 4.47 Å². The zero-order valence-electron chi connectivity index (χ0n) is 9.50. The van der Waals surface area contributed by atoms with Crippen molar-refractivity contribution in [3.8, 4) is 5.75 Å². The number of hydrogen-bond donors (Lipinski definition) is 0. The Labute approximate surface area is 114 Å². The van der Waals surface area contributed by atoms with Crippen LogP contribution in [0.2, 0.25) is 0 Å². The molecule has 6 heteroatoms. The fourth-order valence-electron chi connectivity index (χ4n) is 1.32. The molecule has 94 valence electrons. The summed E-state index contributed by atoms with van der Waals surface area (Å²) in [4.78, 5) is 3.96. The number of aromatic nitrogens is 1. The van der Waals surface area contributed by atoms with E-state index in [-0.39, 0.29) is 10.6 Å². The molecule has 0 aliphatic rings. The van der Waals surface area contributed by atoms with E-state index in [4.69, 9.17) is 4.18 Å². The van der Waals surface area contributed by atoms with Gasteiger partial charge in [0, 0.05) is 10.7 Å². The molecule has 1 heterocycles. The van der Waals surface area contributed by atoms with E-state index in [0.717, 1.165) is 5.56 Å². The van der Waals surface area contributed by atoms with Gasteiger partial charge in [-0.1, -0.05) is 17.7 Å². The van der Waals surface area contributed by atoms with Crippen LogP contribution < -0.4 is 4.18 Å². The number of hydrogen-bond acceptors (Lipinski definition) is 4. The summed E-state index contributed by atoms with van der Waals surface area (Å²) in [6, 6.07) is 8.00. The highest BCUT2D eigenvalue weighted by atomic mass is 79.9. The zero-order valence-corrected chi connectivity index (χ0v) is 11.9. The van der Waals surface area contributed by atoms with Gasteiger partial charge in [0.15, 0.2) is 5.75 Å². The number of halogens is 1. The molecular weight excluding hydrogens is 318 g/mol. The lowest BCUT2D eigenvalue weighted by molar-refractivity contribution is 0.484. The number of rotatable bonds is 3. The highest BCUT2D eigenvalue weighted by Crippen LogP contribution is 2.21. The number of nitrogens with zero attached hydrogens (tertiary/aromatic N) is 1. The van der Waals surface area contributed by atoms with Crippen molar-refractivity contribution in [1.82, 2.24) is 4.98 Å². The molecule has 0 fully saturated rings. The monoisotopic (exact) mass is 327 g/mol. The van der Waals surface area contributed by atoms with Gasteiger partial charge < -0.3 is 4.18 Å². The molecule has 0 radical (unpaired) electrons. The van der Waals surface area contributed by atoms with Gasteiger partial charge >= 0.3 is 10.1 Å². The van der Waals surface area contributed by atoms with Crippen LogP contribution in [-0.4, -0.2) is 13.4 Å². The third kappa shape index (κ3) is 3.08. The molecule has 1 aromatic carbocycles. The maximum Gasteiger partial charge on any atom is 0.339 e. The van der Waals surface area contributed by atoms with Crippen molar-refractivity contribution in [2.45, 2.75) is 11.8 Å². The first-order valence-corrected chi connectivity index (χ1v) is 7.29. The van der Waals surface area contributed by atoms with E-state index in [9.17, 15) is 8.42 Å². The van der Waals surface area contributed by atoms with Crippen LogP contribution in [0.1, 0.15) is 5.56 Å². The molecule has 0 N–H and O–H groups in total.